The standard InChI is InChI=1S/C19H27F3N2O.C16H17F3N2O.C12H15FO.C12H16O/c1-4-23-7-9-24(10-8-23)13-16-6-5-15(12-18(25)14(2)3)11-17(16)19(20,21)22;1-10(2)15(22)6-12-4-13(16(17,18)19)7-14(5-12)21-8-11(3)20-9-21;1-8(2)12(14)7-10-6-9(3)4-5-11(10)13;1-9(2)12(13)8-11-6-4-5-10(3)7-11/h5-6,11,14H,4,7-10,12-13H2,1-3H3;4-5,7-10H,6H2,1-3H3;4-6,8H,7H2,1-3H3;4-7,9H,8H2,1-3H3. The lowest BCUT2D eigenvalue weighted by atomic mass is 9.96. The highest BCUT2D eigenvalue weighted by Crippen LogP contribution is 2.34. The molecule has 0 atom stereocenters. The van der Waals surface area contributed by atoms with E-state index in [0.29, 0.717) is 46.8 Å². The molecule has 1 fully saturated rings. The van der Waals surface area contributed by atoms with Gasteiger partial charge in [0.25, 0.3) is 0 Å². The van der Waals surface area contributed by atoms with Gasteiger partial charge < -0.3 is 9.47 Å². The molecule has 1 saturated heterocycles. The Balaban J connectivity index is 0.000000270. The minimum absolute atomic E-state index is 0.0116. The van der Waals surface area contributed by atoms with Crippen LogP contribution in [0.25, 0.3) is 5.69 Å². The van der Waals surface area contributed by atoms with Crippen LogP contribution in [0.5, 0.6) is 0 Å². The summed E-state index contributed by atoms with van der Waals surface area (Å²) in [6.07, 6.45) is -4.95. The zero-order chi connectivity index (χ0) is 55.7. The molecule has 8 nitrogen and oxygen atoms in total. The van der Waals surface area contributed by atoms with E-state index < -0.39 is 23.5 Å². The summed E-state index contributed by atoms with van der Waals surface area (Å²) >= 11 is 0. The van der Waals surface area contributed by atoms with E-state index in [2.05, 4.69) is 27.8 Å². The first kappa shape index (κ1) is 62.5. The Hall–Kier alpha value is -5.80. The maximum Gasteiger partial charge on any atom is 0.416 e. The highest BCUT2D eigenvalue weighted by atomic mass is 19.4. The Labute approximate surface area is 433 Å². The molecule has 0 amide bonds. The molecule has 0 spiro atoms. The number of nitrogens with zero attached hydrogens (tertiary/aromatic N) is 4. The van der Waals surface area contributed by atoms with Gasteiger partial charge in [0.1, 0.15) is 29.0 Å². The summed E-state index contributed by atoms with van der Waals surface area (Å²) in [4.78, 5) is 54.9. The van der Waals surface area contributed by atoms with Crippen LogP contribution in [-0.2, 0) is 63.8 Å². The van der Waals surface area contributed by atoms with Gasteiger partial charge in [-0.2, -0.15) is 26.3 Å². The van der Waals surface area contributed by atoms with Crippen LogP contribution >= 0.6 is 0 Å². The number of Topliss-reactive ketones (excluding diaryl/α,β-unsaturated/α-hetero) is 4. The lowest BCUT2D eigenvalue weighted by Gasteiger charge is -2.34. The number of piperazine rings is 1. The number of ketones is 4. The Morgan fingerprint density at radius 3 is 1.55 bits per heavy atom. The maximum absolute atomic E-state index is 13.5. The van der Waals surface area contributed by atoms with Gasteiger partial charge in [-0.1, -0.05) is 122 Å². The SMILES string of the molecule is CCN1CCN(Cc2ccc(CC(=O)C(C)C)cc2C(F)(F)F)CC1.Cc1ccc(F)c(CC(=O)C(C)C)c1.Cc1cccc(CC(=O)C(C)C)c1.Cc1cn(-c2cc(CC(=O)C(C)C)cc(C(F)(F)F)c2)cn1. The van der Waals surface area contributed by atoms with Crippen molar-refractivity contribution in [1.82, 2.24) is 19.4 Å². The first-order valence-electron chi connectivity index (χ1n) is 25.2. The minimum atomic E-state index is -4.46. The van der Waals surface area contributed by atoms with E-state index >= 15 is 0 Å². The van der Waals surface area contributed by atoms with Crippen LogP contribution in [0.4, 0.5) is 30.7 Å². The van der Waals surface area contributed by atoms with E-state index in [1.807, 2.05) is 59.7 Å². The van der Waals surface area contributed by atoms with Crippen LogP contribution in [0.1, 0.15) is 118 Å². The second kappa shape index (κ2) is 28.8. The first-order valence-corrected chi connectivity index (χ1v) is 25.2. The van der Waals surface area contributed by atoms with Crippen LogP contribution < -0.4 is 0 Å². The second-order valence-corrected chi connectivity index (χ2v) is 20.3. The number of imidazole rings is 1. The van der Waals surface area contributed by atoms with Crippen LogP contribution in [0.3, 0.4) is 0 Å². The fraction of sp³-hybridized carbons (Fsp3) is 0.475. The number of aryl methyl sites for hydroxylation is 3. The van der Waals surface area contributed by atoms with Crippen molar-refractivity contribution in [2.45, 2.75) is 128 Å². The highest BCUT2D eigenvalue weighted by Gasteiger charge is 2.35. The molecule has 1 aliphatic rings. The van der Waals surface area contributed by atoms with E-state index in [1.165, 1.54) is 28.6 Å². The van der Waals surface area contributed by atoms with Crippen molar-refractivity contribution < 1.29 is 49.9 Å². The molecule has 6 rings (SSSR count). The van der Waals surface area contributed by atoms with E-state index in [0.717, 1.165) is 62.0 Å². The largest absolute Gasteiger partial charge is 0.416 e. The van der Waals surface area contributed by atoms with E-state index in [9.17, 15) is 49.9 Å². The Bertz CT molecular complexity index is 2620. The van der Waals surface area contributed by atoms with Crippen LogP contribution in [-0.4, -0.2) is 75.2 Å². The summed E-state index contributed by atoms with van der Waals surface area (Å²) in [6.45, 7) is 26.9. The average Bonchev–Trinajstić information content (AvgIpc) is 3.76. The lowest BCUT2D eigenvalue weighted by Crippen LogP contribution is -2.45. The maximum atomic E-state index is 13.5. The molecule has 74 heavy (non-hydrogen) atoms. The van der Waals surface area contributed by atoms with Gasteiger partial charge in [0.2, 0.25) is 0 Å². The number of alkyl halides is 6. The molecule has 0 unspecified atom stereocenters. The number of aromatic nitrogens is 2. The van der Waals surface area contributed by atoms with Crippen LogP contribution in [0.2, 0.25) is 0 Å². The van der Waals surface area contributed by atoms with Gasteiger partial charge in [-0.15, -0.1) is 0 Å². The van der Waals surface area contributed by atoms with Crippen LogP contribution in [0, 0.1) is 50.3 Å². The third-order valence-electron chi connectivity index (χ3n) is 12.5. The summed E-state index contributed by atoms with van der Waals surface area (Å²) < 4.78 is 94.4. The first-order chi connectivity index (χ1) is 34.5. The lowest BCUT2D eigenvalue weighted by molar-refractivity contribution is -0.139. The topological polar surface area (TPSA) is 92.6 Å². The summed E-state index contributed by atoms with van der Waals surface area (Å²) in [5, 5.41) is 0. The molecule has 5 aromatic rings. The van der Waals surface area contributed by atoms with Gasteiger partial charge in [-0.25, -0.2) is 9.37 Å². The van der Waals surface area contributed by atoms with E-state index in [-0.39, 0.29) is 71.7 Å². The molecule has 404 valence electrons. The molecule has 0 radical (unpaired) electrons. The Kier molecular flexibility index (Phi) is 24.3. The number of carbonyl (C=O) groups excluding carboxylic acids is 4. The molecule has 1 aliphatic heterocycles. The molecule has 0 bridgehead atoms. The Morgan fingerprint density at radius 2 is 1.07 bits per heavy atom. The van der Waals surface area contributed by atoms with Crippen molar-refractivity contribution in [3.05, 3.63) is 153 Å². The van der Waals surface area contributed by atoms with Crippen molar-refractivity contribution in [2.24, 2.45) is 23.7 Å². The van der Waals surface area contributed by atoms with Crippen molar-refractivity contribution in [3.63, 3.8) is 0 Å². The van der Waals surface area contributed by atoms with Gasteiger partial charge in [-0.05, 0) is 85.5 Å². The molecular formula is C59H75F7N4O4. The summed E-state index contributed by atoms with van der Waals surface area (Å²) in [7, 11) is 0. The van der Waals surface area contributed by atoms with Crippen LogP contribution in [0.15, 0.2) is 91.4 Å². The van der Waals surface area contributed by atoms with Gasteiger partial charge in [-0.3, -0.25) is 24.1 Å². The average molecular weight is 1040 g/mol. The summed E-state index contributed by atoms with van der Waals surface area (Å²) in [6, 6.07) is 21.0. The number of hydrogen-bond acceptors (Lipinski definition) is 7. The highest BCUT2D eigenvalue weighted by molar-refractivity contribution is 5.84. The van der Waals surface area contributed by atoms with Crippen molar-refractivity contribution in [2.75, 3.05) is 32.7 Å². The predicted molar refractivity (Wildman–Crippen MR) is 279 cm³/mol. The third kappa shape index (κ3) is 21.2. The molecule has 2 heterocycles. The van der Waals surface area contributed by atoms with Crippen molar-refractivity contribution in [3.8, 4) is 5.69 Å². The second-order valence-electron chi connectivity index (χ2n) is 20.3. The fourth-order valence-electron chi connectivity index (χ4n) is 7.56. The van der Waals surface area contributed by atoms with Crippen molar-refractivity contribution in [1.29, 1.82) is 0 Å². The molecule has 4 aromatic carbocycles. The molecule has 0 saturated carbocycles. The van der Waals surface area contributed by atoms with Crippen molar-refractivity contribution >= 4 is 23.1 Å². The normalized spacial score (nSPS) is 13.2. The Morgan fingerprint density at radius 1 is 0.554 bits per heavy atom. The smallest absolute Gasteiger partial charge is 0.306 e. The molecule has 1 aromatic heterocycles. The minimum Gasteiger partial charge on any atom is -0.306 e. The fourth-order valence-corrected chi connectivity index (χ4v) is 7.56. The zero-order valence-electron chi connectivity index (χ0n) is 45.1. The number of carbonyl (C=O) groups is 4. The zero-order valence-corrected chi connectivity index (χ0v) is 45.1. The van der Waals surface area contributed by atoms with Gasteiger partial charge in [0.15, 0.2) is 0 Å². The summed E-state index contributed by atoms with van der Waals surface area (Å²) in [5.74, 6) is -0.318. The molecular weight excluding hydrogens is 962 g/mol. The molecule has 15 heteroatoms. The number of halogens is 7. The number of likely N-dealkylation sites (N-methyl/N-ethyl adjacent to an activating group) is 1. The van der Waals surface area contributed by atoms with Gasteiger partial charge in [0.05, 0.1) is 23.1 Å². The van der Waals surface area contributed by atoms with Gasteiger partial charge in [0, 0.05) is 94.0 Å². The number of benzene rings is 4. The summed E-state index contributed by atoms with van der Waals surface area (Å²) in [5.41, 5.74) is 4.59. The monoisotopic (exact) mass is 1040 g/mol. The molecule has 0 N–H and O–H groups in total. The quantitative estimate of drug-likeness (QED) is 0.0909. The number of hydrogen-bond donors (Lipinski definition) is 0. The van der Waals surface area contributed by atoms with E-state index in [1.54, 1.807) is 65.1 Å². The third-order valence-corrected chi connectivity index (χ3v) is 12.5. The molecule has 0 aliphatic carbocycles. The predicted octanol–water partition coefficient (Wildman–Crippen LogP) is 13.2. The number of rotatable bonds is 16. The van der Waals surface area contributed by atoms with E-state index in [4.69, 9.17) is 0 Å². The van der Waals surface area contributed by atoms with Gasteiger partial charge >= 0.3 is 12.4 Å².